The molecule has 1 aromatic carbocycles. The van der Waals surface area contributed by atoms with Crippen LogP contribution in [0.25, 0.3) is 0 Å². The van der Waals surface area contributed by atoms with Crippen molar-refractivity contribution in [1.82, 2.24) is 15.6 Å². The van der Waals surface area contributed by atoms with E-state index in [9.17, 15) is 14.4 Å². The minimum atomic E-state index is -1.05. The number of carbonyl (C=O) groups excluding carboxylic acids is 2. The number of anilines is 1. The molecule has 0 aliphatic carbocycles. The van der Waals surface area contributed by atoms with Gasteiger partial charge in [-0.15, -0.1) is 0 Å². The first kappa shape index (κ1) is 21.3. The Morgan fingerprint density at radius 2 is 2.07 bits per heavy atom. The minimum Gasteiger partial charge on any atom is -0.481 e. The molecule has 2 heterocycles. The van der Waals surface area contributed by atoms with Crippen LogP contribution >= 0.6 is 11.8 Å². The van der Waals surface area contributed by atoms with Crippen molar-refractivity contribution in [3.05, 3.63) is 59.9 Å². The van der Waals surface area contributed by atoms with Crippen LogP contribution in [0, 0.1) is 0 Å². The standard InChI is InChI=1S/C20H21N5O4S/c26-17(25-16(10-18(27)28)14-4-2-6-21-11-14)12-23-19(29)13-3-1-5-15(9-13)24-20-22-7-8-30-20/h1-6,9,11,16H,7-8,10,12H2,(H,22,24)(H,23,29)(H,25,26)(H,27,28). The highest BCUT2D eigenvalue weighted by Crippen LogP contribution is 2.17. The zero-order valence-corrected chi connectivity index (χ0v) is 16.8. The van der Waals surface area contributed by atoms with Crippen LogP contribution in [-0.4, -0.2) is 51.9 Å². The molecule has 1 aromatic heterocycles. The summed E-state index contributed by atoms with van der Waals surface area (Å²) in [6, 6.07) is 9.50. The molecule has 0 spiro atoms. The van der Waals surface area contributed by atoms with Crippen LogP contribution in [0.15, 0.2) is 53.8 Å². The third-order valence-electron chi connectivity index (χ3n) is 4.17. The summed E-state index contributed by atoms with van der Waals surface area (Å²) in [5.41, 5.74) is 1.70. The average molecular weight is 427 g/mol. The summed E-state index contributed by atoms with van der Waals surface area (Å²) < 4.78 is 0. The van der Waals surface area contributed by atoms with Crippen molar-refractivity contribution >= 4 is 40.4 Å². The summed E-state index contributed by atoms with van der Waals surface area (Å²) in [5.74, 6) is -1.03. The van der Waals surface area contributed by atoms with Crippen molar-refractivity contribution in [2.45, 2.75) is 12.5 Å². The van der Waals surface area contributed by atoms with Crippen LogP contribution in [0.2, 0.25) is 0 Å². The van der Waals surface area contributed by atoms with Crippen molar-refractivity contribution in [1.29, 1.82) is 0 Å². The number of aromatic nitrogens is 1. The van der Waals surface area contributed by atoms with Crippen molar-refractivity contribution in [2.24, 2.45) is 4.99 Å². The number of aliphatic carboxylic acids is 1. The zero-order chi connectivity index (χ0) is 21.3. The number of rotatable bonds is 8. The smallest absolute Gasteiger partial charge is 0.305 e. The molecule has 2 amide bonds. The van der Waals surface area contributed by atoms with Gasteiger partial charge in [-0.2, -0.15) is 0 Å². The third-order valence-corrected chi connectivity index (χ3v) is 5.06. The minimum absolute atomic E-state index is 0.282. The normalized spacial score (nSPS) is 13.8. The first-order valence-electron chi connectivity index (χ1n) is 9.25. The Morgan fingerprint density at radius 3 is 2.77 bits per heavy atom. The van der Waals surface area contributed by atoms with Gasteiger partial charge in [-0.1, -0.05) is 23.9 Å². The summed E-state index contributed by atoms with van der Waals surface area (Å²) in [4.78, 5) is 44.1. The fourth-order valence-corrected chi connectivity index (χ4v) is 3.54. The number of nitrogens with one attached hydrogen (secondary N) is 3. The first-order valence-corrected chi connectivity index (χ1v) is 10.2. The molecule has 3 rings (SSSR count). The number of amides is 2. The van der Waals surface area contributed by atoms with Gasteiger partial charge < -0.3 is 21.1 Å². The van der Waals surface area contributed by atoms with Crippen LogP contribution in [0.5, 0.6) is 0 Å². The van der Waals surface area contributed by atoms with Crippen molar-refractivity contribution in [3.63, 3.8) is 0 Å². The van der Waals surface area contributed by atoms with Crippen molar-refractivity contribution in [3.8, 4) is 0 Å². The van der Waals surface area contributed by atoms with Crippen LogP contribution in [0.4, 0.5) is 5.69 Å². The maximum atomic E-state index is 12.4. The lowest BCUT2D eigenvalue weighted by Crippen LogP contribution is -2.39. The number of nitrogens with zero attached hydrogens (tertiary/aromatic N) is 2. The fourth-order valence-electron chi connectivity index (χ4n) is 2.79. The Labute approximate surface area is 177 Å². The lowest BCUT2D eigenvalue weighted by molar-refractivity contribution is -0.137. The fraction of sp³-hybridized carbons (Fsp3) is 0.250. The molecule has 156 valence electrons. The molecular formula is C20H21N5O4S. The summed E-state index contributed by atoms with van der Waals surface area (Å²) >= 11 is 1.61. The van der Waals surface area contributed by atoms with Crippen LogP contribution in [0.3, 0.4) is 0 Å². The van der Waals surface area contributed by atoms with Gasteiger partial charge in [0.1, 0.15) is 0 Å². The molecule has 10 heteroatoms. The Morgan fingerprint density at radius 1 is 1.20 bits per heavy atom. The van der Waals surface area contributed by atoms with E-state index in [0.29, 0.717) is 11.1 Å². The van der Waals surface area contributed by atoms with Crippen LogP contribution < -0.4 is 16.0 Å². The van der Waals surface area contributed by atoms with E-state index in [1.54, 1.807) is 48.3 Å². The number of carboxylic acids is 1. The van der Waals surface area contributed by atoms with Gasteiger partial charge in [-0.05, 0) is 29.8 Å². The summed E-state index contributed by atoms with van der Waals surface area (Å²) in [5, 5.41) is 18.2. The Kier molecular flexibility index (Phi) is 7.39. The maximum absolute atomic E-state index is 12.4. The third kappa shape index (κ3) is 6.31. The molecule has 0 bridgehead atoms. The summed E-state index contributed by atoms with van der Waals surface area (Å²) in [6.07, 6.45) is 2.77. The lowest BCUT2D eigenvalue weighted by Gasteiger charge is -2.17. The van der Waals surface area contributed by atoms with Gasteiger partial charge >= 0.3 is 5.97 Å². The van der Waals surface area contributed by atoms with Crippen molar-refractivity contribution < 1.29 is 19.5 Å². The van der Waals surface area contributed by atoms with Gasteiger partial charge in [-0.25, -0.2) is 0 Å². The molecule has 0 fully saturated rings. The quantitative estimate of drug-likeness (QED) is 0.503. The molecule has 1 aliphatic heterocycles. The van der Waals surface area contributed by atoms with Crippen LogP contribution in [0.1, 0.15) is 28.4 Å². The number of benzene rings is 1. The highest BCUT2D eigenvalue weighted by molar-refractivity contribution is 8.14. The molecule has 0 saturated carbocycles. The molecule has 4 N–H and O–H groups in total. The molecule has 1 aliphatic rings. The van der Waals surface area contributed by atoms with E-state index < -0.39 is 23.8 Å². The largest absolute Gasteiger partial charge is 0.481 e. The van der Waals surface area contributed by atoms with Gasteiger partial charge in [0.2, 0.25) is 5.91 Å². The topological polar surface area (TPSA) is 133 Å². The predicted octanol–water partition coefficient (Wildman–Crippen LogP) is 1.66. The van der Waals surface area contributed by atoms with E-state index in [1.807, 2.05) is 6.07 Å². The molecule has 30 heavy (non-hydrogen) atoms. The second kappa shape index (κ2) is 10.4. The molecule has 2 aromatic rings. The van der Waals surface area contributed by atoms with E-state index in [4.69, 9.17) is 5.11 Å². The lowest BCUT2D eigenvalue weighted by atomic mass is 10.1. The molecule has 0 radical (unpaired) electrons. The van der Waals surface area contributed by atoms with Gasteiger partial charge in [-0.3, -0.25) is 24.4 Å². The van der Waals surface area contributed by atoms with E-state index in [-0.39, 0.29) is 13.0 Å². The monoisotopic (exact) mass is 427 g/mol. The van der Waals surface area contributed by atoms with Crippen molar-refractivity contribution in [2.75, 3.05) is 24.2 Å². The number of carboxylic acid groups (broad SMARTS) is 1. The molecular weight excluding hydrogens is 406 g/mol. The van der Waals surface area contributed by atoms with Gasteiger partial charge in [0.15, 0.2) is 5.17 Å². The number of amidine groups is 1. The highest BCUT2D eigenvalue weighted by atomic mass is 32.2. The highest BCUT2D eigenvalue weighted by Gasteiger charge is 2.19. The Balaban J connectivity index is 1.55. The zero-order valence-electron chi connectivity index (χ0n) is 16.0. The predicted molar refractivity (Wildman–Crippen MR) is 115 cm³/mol. The second-order valence-corrected chi connectivity index (χ2v) is 7.51. The molecule has 9 nitrogen and oxygen atoms in total. The number of thioether (sulfide) groups is 1. The van der Waals surface area contributed by atoms with Crippen LogP contribution in [-0.2, 0) is 9.59 Å². The van der Waals surface area contributed by atoms with E-state index in [2.05, 4.69) is 25.9 Å². The summed E-state index contributed by atoms with van der Waals surface area (Å²) in [7, 11) is 0. The molecule has 1 atom stereocenters. The number of aliphatic imine (C=N–C) groups is 1. The Hall–Kier alpha value is -3.40. The average Bonchev–Trinajstić information content (AvgIpc) is 3.25. The Bertz CT molecular complexity index is 951. The SMILES string of the molecule is O=C(O)CC(NC(=O)CNC(=O)c1cccc(NC2=NCCS2)c1)c1cccnc1. The van der Waals surface area contributed by atoms with Gasteiger partial charge in [0, 0.05) is 29.4 Å². The number of carbonyl (C=O) groups is 3. The number of pyridine rings is 1. The van der Waals surface area contributed by atoms with E-state index in [1.165, 1.54) is 6.20 Å². The molecule has 0 saturated heterocycles. The maximum Gasteiger partial charge on any atom is 0.305 e. The van der Waals surface area contributed by atoms with E-state index in [0.717, 1.165) is 23.2 Å². The first-order chi connectivity index (χ1) is 14.5. The number of hydrogen-bond acceptors (Lipinski definition) is 7. The van der Waals surface area contributed by atoms with Gasteiger partial charge in [0.25, 0.3) is 5.91 Å². The summed E-state index contributed by atoms with van der Waals surface area (Å²) in [6.45, 7) is 0.486. The number of hydrogen-bond donors (Lipinski definition) is 4. The van der Waals surface area contributed by atoms with Gasteiger partial charge in [0.05, 0.1) is 25.6 Å². The molecule has 1 unspecified atom stereocenters. The second-order valence-electron chi connectivity index (χ2n) is 6.43. The van der Waals surface area contributed by atoms with E-state index >= 15 is 0 Å².